The predicted octanol–water partition coefficient (Wildman–Crippen LogP) is 2.99. The van der Waals surface area contributed by atoms with Crippen LogP contribution in [0.15, 0.2) is 24.3 Å². The van der Waals surface area contributed by atoms with Crippen LogP contribution < -0.4 is 5.32 Å². The van der Waals surface area contributed by atoms with Crippen molar-refractivity contribution in [3.63, 3.8) is 0 Å². The summed E-state index contributed by atoms with van der Waals surface area (Å²) in [5, 5.41) is 3.36. The molecule has 1 aliphatic rings. The Bertz CT molecular complexity index is 386. The molecule has 1 saturated heterocycles. The number of nitrogens with one attached hydrogen (secondary N) is 1. The Balaban J connectivity index is 2.31. The molecule has 0 radical (unpaired) electrons. The summed E-state index contributed by atoms with van der Waals surface area (Å²) >= 11 is 0. The summed E-state index contributed by atoms with van der Waals surface area (Å²) in [6.45, 7) is 9.20. The number of nitrogens with zero attached hydrogens (tertiary/aromatic N) is 1. The highest BCUT2D eigenvalue weighted by atomic mass is 15.2. The van der Waals surface area contributed by atoms with E-state index in [2.05, 4.69) is 62.3 Å². The Morgan fingerprint density at radius 1 is 1.33 bits per heavy atom. The minimum Gasteiger partial charge on any atom is -0.319 e. The van der Waals surface area contributed by atoms with Crippen molar-refractivity contribution in [1.82, 2.24) is 10.2 Å². The highest BCUT2D eigenvalue weighted by Gasteiger charge is 2.36. The van der Waals surface area contributed by atoms with Crippen LogP contribution in [0.2, 0.25) is 0 Å². The van der Waals surface area contributed by atoms with E-state index in [9.17, 15) is 0 Å². The van der Waals surface area contributed by atoms with Crippen molar-refractivity contribution in [1.29, 1.82) is 0 Å². The van der Waals surface area contributed by atoms with Gasteiger partial charge in [-0.3, -0.25) is 4.90 Å². The molecule has 100 valence electrons. The first-order valence-corrected chi connectivity index (χ1v) is 7.11. The lowest BCUT2D eigenvalue weighted by molar-refractivity contribution is 0.182. The number of hydrogen-bond donors (Lipinski definition) is 1. The molecule has 1 aromatic rings. The second-order valence-corrected chi connectivity index (χ2v) is 5.74. The molecule has 1 N–H and O–H groups in total. The Kier molecular flexibility index (Phi) is 4.41. The molecule has 1 fully saturated rings. The van der Waals surface area contributed by atoms with Crippen LogP contribution in [0, 0.1) is 12.8 Å². The van der Waals surface area contributed by atoms with Crippen LogP contribution in [-0.2, 0) is 0 Å². The average Bonchev–Trinajstić information content (AvgIpc) is 2.74. The first kappa shape index (κ1) is 13.6. The van der Waals surface area contributed by atoms with Gasteiger partial charge in [0.15, 0.2) is 0 Å². The Morgan fingerprint density at radius 2 is 2.06 bits per heavy atom. The molecule has 1 heterocycles. The second-order valence-electron chi connectivity index (χ2n) is 5.74. The van der Waals surface area contributed by atoms with Crippen LogP contribution in [0.3, 0.4) is 0 Å². The van der Waals surface area contributed by atoms with Gasteiger partial charge in [-0.05, 0) is 64.4 Å². The van der Waals surface area contributed by atoms with Gasteiger partial charge in [0.05, 0.1) is 0 Å². The van der Waals surface area contributed by atoms with E-state index in [-0.39, 0.29) is 0 Å². The molecule has 2 atom stereocenters. The summed E-state index contributed by atoms with van der Waals surface area (Å²) in [4.78, 5) is 2.66. The average molecular weight is 246 g/mol. The van der Waals surface area contributed by atoms with Crippen molar-refractivity contribution in [2.24, 2.45) is 5.92 Å². The van der Waals surface area contributed by atoms with Gasteiger partial charge in [-0.1, -0.05) is 24.3 Å². The van der Waals surface area contributed by atoms with Gasteiger partial charge in [0.25, 0.3) is 0 Å². The maximum atomic E-state index is 3.36. The van der Waals surface area contributed by atoms with Gasteiger partial charge in [-0.15, -0.1) is 0 Å². The van der Waals surface area contributed by atoms with Gasteiger partial charge < -0.3 is 5.32 Å². The first-order chi connectivity index (χ1) is 8.65. The third-order valence-corrected chi connectivity index (χ3v) is 4.20. The van der Waals surface area contributed by atoms with Crippen molar-refractivity contribution in [3.8, 4) is 0 Å². The molecule has 0 bridgehead atoms. The zero-order valence-electron chi connectivity index (χ0n) is 12.1. The van der Waals surface area contributed by atoms with Crippen molar-refractivity contribution in [2.45, 2.75) is 39.3 Å². The van der Waals surface area contributed by atoms with Crippen molar-refractivity contribution in [3.05, 3.63) is 35.4 Å². The highest BCUT2D eigenvalue weighted by molar-refractivity contribution is 5.30. The van der Waals surface area contributed by atoms with Gasteiger partial charge in [0, 0.05) is 12.1 Å². The molecule has 0 aliphatic carbocycles. The lowest BCUT2D eigenvalue weighted by atomic mass is 9.90. The highest BCUT2D eigenvalue weighted by Crippen LogP contribution is 2.39. The van der Waals surface area contributed by atoms with Gasteiger partial charge in [0.2, 0.25) is 0 Å². The molecule has 2 unspecified atom stereocenters. The molecule has 0 saturated carbocycles. The fourth-order valence-electron chi connectivity index (χ4n) is 3.29. The Morgan fingerprint density at radius 3 is 2.67 bits per heavy atom. The van der Waals surface area contributed by atoms with E-state index in [1.807, 2.05) is 0 Å². The molecule has 2 nitrogen and oxygen atoms in total. The Labute approximate surface area is 111 Å². The molecule has 2 heteroatoms. The number of hydrogen-bond acceptors (Lipinski definition) is 2. The first-order valence-electron chi connectivity index (χ1n) is 7.11. The zero-order valence-corrected chi connectivity index (χ0v) is 12.1. The molecular weight excluding hydrogens is 220 g/mol. The molecule has 1 aliphatic heterocycles. The predicted molar refractivity (Wildman–Crippen MR) is 77.8 cm³/mol. The summed E-state index contributed by atoms with van der Waals surface area (Å²) in [5.74, 6) is 0.735. The molecule has 2 rings (SSSR count). The number of likely N-dealkylation sites (tertiary alicyclic amines) is 1. The van der Waals surface area contributed by atoms with E-state index in [4.69, 9.17) is 0 Å². The van der Waals surface area contributed by atoms with Crippen LogP contribution in [0.5, 0.6) is 0 Å². The van der Waals surface area contributed by atoms with E-state index in [0.717, 1.165) is 12.5 Å². The molecule has 0 amide bonds. The lowest BCUT2D eigenvalue weighted by Crippen LogP contribution is -2.34. The summed E-state index contributed by atoms with van der Waals surface area (Å²) in [6, 6.07) is 10.1. The largest absolute Gasteiger partial charge is 0.319 e. The molecule has 18 heavy (non-hydrogen) atoms. The lowest BCUT2D eigenvalue weighted by Gasteiger charge is -2.32. The zero-order chi connectivity index (χ0) is 13.1. The SMILES string of the molecule is CNCC1CCN(C(C)C)C1c1ccccc1C. The summed E-state index contributed by atoms with van der Waals surface area (Å²) in [6.07, 6.45) is 1.30. The van der Waals surface area contributed by atoms with Gasteiger partial charge in [-0.2, -0.15) is 0 Å². The molecule has 1 aromatic carbocycles. The van der Waals surface area contributed by atoms with E-state index in [1.54, 1.807) is 0 Å². The standard InChI is InChI=1S/C16H26N2/c1-12(2)18-10-9-14(11-17-4)16(18)15-8-6-5-7-13(15)3/h5-8,12,14,16-17H,9-11H2,1-4H3. The van der Waals surface area contributed by atoms with Crippen molar-refractivity contribution in [2.75, 3.05) is 20.1 Å². The van der Waals surface area contributed by atoms with Crippen molar-refractivity contribution >= 4 is 0 Å². The van der Waals surface area contributed by atoms with Gasteiger partial charge >= 0.3 is 0 Å². The summed E-state index contributed by atoms with van der Waals surface area (Å²) in [5.41, 5.74) is 2.94. The number of rotatable bonds is 4. The van der Waals surface area contributed by atoms with E-state index < -0.39 is 0 Å². The fraction of sp³-hybridized carbons (Fsp3) is 0.625. The fourth-order valence-corrected chi connectivity index (χ4v) is 3.29. The van der Waals surface area contributed by atoms with E-state index in [1.165, 1.54) is 24.1 Å². The summed E-state index contributed by atoms with van der Waals surface area (Å²) in [7, 11) is 2.06. The summed E-state index contributed by atoms with van der Waals surface area (Å²) < 4.78 is 0. The minimum absolute atomic E-state index is 0.582. The monoisotopic (exact) mass is 246 g/mol. The molecular formula is C16H26N2. The molecule has 0 aromatic heterocycles. The molecule has 0 spiro atoms. The topological polar surface area (TPSA) is 15.3 Å². The van der Waals surface area contributed by atoms with Crippen LogP contribution in [-0.4, -0.2) is 31.1 Å². The smallest absolute Gasteiger partial charge is 0.0394 e. The maximum Gasteiger partial charge on any atom is 0.0394 e. The van der Waals surface area contributed by atoms with Gasteiger partial charge in [-0.25, -0.2) is 0 Å². The second kappa shape index (κ2) is 5.85. The van der Waals surface area contributed by atoms with Crippen LogP contribution in [0.4, 0.5) is 0 Å². The van der Waals surface area contributed by atoms with Crippen LogP contribution in [0.25, 0.3) is 0 Å². The van der Waals surface area contributed by atoms with Crippen molar-refractivity contribution < 1.29 is 0 Å². The maximum absolute atomic E-state index is 3.36. The quantitative estimate of drug-likeness (QED) is 0.878. The Hall–Kier alpha value is -0.860. The normalized spacial score (nSPS) is 24.9. The number of aryl methyl sites for hydroxylation is 1. The van der Waals surface area contributed by atoms with E-state index in [0.29, 0.717) is 12.1 Å². The third kappa shape index (κ3) is 2.60. The van der Waals surface area contributed by atoms with Crippen LogP contribution in [0.1, 0.15) is 37.4 Å². The minimum atomic E-state index is 0.582. The van der Waals surface area contributed by atoms with Crippen LogP contribution >= 0.6 is 0 Å². The number of benzene rings is 1. The van der Waals surface area contributed by atoms with Gasteiger partial charge in [0.1, 0.15) is 0 Å². The van der Waals surface area contributed by atoms with E-state index >= 15 is 0 Å². The third-order valence-electron chi connectivity index (χ3n) is 4.20.